The molecule has 82 valence electrons. The summed E-state index contributed by atoms with van der Waals surface area (Å²) in [4.78, 5) is 0. The summed E-state index contributed by atoms with van der Waals surface area (Å²) >= 11 is 0. The molecule has 2 unspecified atom stereocenters. The van der Waals surface area contributed by atoms with Gasteiger partial charge in [0, 0.05) is 6.04 Å². The number of aliphatic hydroxyl groups is 1. The average molecular weight is 199 g/mol. The topological polar surface area (TPSA) is 41.5 Å². The molecule has 0 amide bonds. The van der Waals surface area contributed by atoms with Crippen LogP contribution in [0.1, 0.15) is 32.6 Å². The maximum atomic E-state index is 9.58. The van der Waals surface area contributed by atoms with Crippen molar-refractivity contribution < 1.29 is 9.84 Å². The fourth-order valence-corrected chi connectivity index (χ4v) is 2.43. The molecule has 1 saturated carbocycles. The van der Waals surface area contributed by atoms with Crippen LogP contribution in [0.4, 0.5) is 0 Å². The second kappa shape index (κ2) is 4.60. The molecule has 3 heteroatoms. The molecule has 0 aromatic rings. The van der Waals surface area contributed by atoms with E-state index in [1.807, 2.05) is 0 Å². The first kappa shape index (κ1) is 10.4. The lowest BCUT2D eigenvalue weighted by atomic mass is 9.87. The first-order chi connectivity index (χ1) is 6.75. The maximum absolute atomic E-state index is 9.58. The zero-order chi connectivity index (χ0) is 9.97. The van der Waals surface area contributed by atoms with Crippen LogP contribution in [0.25, 0.3) is 0 Å². The predicted molar refractivity (Wildman–Crippen MR) is 55.2 cm³/mol. The SMILES string of the molecule is CC1CCC(NC2COCC2O)CC1. The maximum Gasteiger partial charge on any atom is 0.0948 e. The number of hydrogen-bond acceptors (Lipinski definition) is 3. The second-order valence-electron chi connectivity index (χ2n) is 4.83. The fourth-order valence-electron chi connectivity index (χ4n) is 2.43. The number of hydrogen-bond donors (Lipinski definition) is 2. The van der Waals surface area contributed by atoms with Gasteiger partial charge < -0.3 is 15.2 Å². The molecule has 0 aromatic carbocycles. The number of ether oxygens (including phenoxy) is 1. The summed E-state index contributed by atoms with van der Waals surface area (Å²) in [7, 11) is 0. The highest BCUT2D eigenvalue weighted by Gasteiger charge is 2.29. The van der Waals surface area contributed by atoms with Crippen LogP contribution in [0.15, 0.2) is 0 Å². The zero-order valence-electron chi connectivity index (χ0n) is 8.91. The van der Waals surface area contributed by atoms with Gasteiger partial charge in [-0.15, -0.1) is 0 Å². The van der Waals surface area contributed by atoms with E-state index < -0.39 is 0 Å². The molecule has 1 saturated heterocycles. The molecule has 2 fully saturated rings. The summed E-state index contributed by atoms with van der Waals surface area (Å²) in [5.41, 5.74) is 0. The largest absolute Gasteiger partial charge is 0.389 e. The third-order valence-electron chi connectivity index (χ3n) is 3.52. The molecule has 2 aliphatic rings. The van der Waals surface area contributed by atoms with E-state index in [-0.39, 0.29) is 12.1 Å². The van der Waals surface area contributed by atoms with Crippen molar-refractivity contribution in [1.82, 2.24) is 5.32 Å². The summed E-state index contributed by atoms with van der Waals surface area (Å²) in [6.45, 7) is 3.50. The van der Waals surface area contributed by atoms with E-state index in [2.05, 4.69) is 12.2 Å². The lowest BCUT2D eigenvalue weighted by Crippen LogP contribution is -2.46. The summed E-state index contributed by atoms with van der Waals surface area (Å²) in [5.74, 6) is 0.887. The Bertz CT molecular complexity index is 178. The quantitative estimate of drug-likeness (QED) is 0.694. The third kappa shape index (κ3) is 2.47. The third-order valence-corrected chi connectivity index (χ3v) is 3.52. The van der Waals surface area contributed by atoms with Gasteiger partial charge in [0.05, 0.1) is 25.4 Å². The highest BCUT2D eigenvalue weighted by molar-refractivity contribution is 4.85. The van der Waals surface area contributed by atoms with Crippen molar-refractivity contribution in [3.8, 4) is 0 Å². The van der Waals surface area contributed by atoms with Gasteiger partial charge in [0.2, 0.25) is 0 Å². The summed E-state index contributed by atoms with van der Waals surface area (Å²) in [5, 5.41) is 13.1. The molecule has 1 heterocycles. The Labute approximate surface area is 85.8 Å². The van der Waals surface area contributed by atoms with E-state index in [1.54, 1.807) is 0 Å². The van der Waals surface area contributed by atoms with Gasteiger partial charge in [0.15, 0.2) is 0 Å². The van der Waals surface area contributed by atoms with Gasteiger partial charge >= 0.3 is 0 Å². The van der Waals surface area contributed by atoms with Crippen LogP contribution in [0.2, 0.25) is 0 Å². The normalized spacial score (nSPS) is 44.1. The van der Waals surface area contributed by atoms with Gasteiger partial charge in [0.1, 0.15) is 0 Å². The molecule has 2 N–H and O–H groups in total. The lowest BCUT2D eigenvalue weighted by molar-refractivity contribution is 0.119. The van der Waals surface area contributed by atoms with Gasteiger partial charge in [-0.1, -0.05) is 6.92 Å². The van der Waals surface area contributed by atoms with Crippen LogP contribution in [0.5, 0.6) is 0 Å². The highest BCUT2D eigenvalue weighted by Crippen LogP contribution is 2.24. The average Bonchev–Trinajstić information content (AvgIpc) is 2.56. The molecular formula is C11H21NO2. The van der Waals surface area contributed by atoms with Crippen LogP contribution >= 0.6 is 0 Å². The van der Waals surface area contributed by atoms with Crippen LogP contribution in [-0.4, -0.2) is 36.5 Å². The minimum absolute atomic E-state index is 0.174. The van der Waals surface area contributed by atoms with E-state index >= 15 is 0 Å². The van der Waals surface area contributed by atoms with Gasteiger partial charge in [-0.25, -0.2) is 0 Å². The molecule has 0 aromatic heterocycles. The Balaban J connectivity index is 1.74. The Morgan fingerprint density at radius 3 is 2.43 bits per heavy atom. The van der Waals surface area contributed by atoms with Crippen LogP contribution in [-0.2, 0) is 4.74 Å². The van der Waals surface area contributed by atoms with Crippen molar-refractivity contribution in [2.45, 2.75) is 50.8 Å². The van der Waals surface area contributed by atoms with Crippen molar-refractivity contribution in [1.29, 1.82) is 0 Å². The molecular weight excluding hydrogens is 178 g/mol. The van der Waals surface area contributed by atoms with Crippen LogP contribution < -0.4 is 5.32 Å². The molecule has 2 atom stereocenters. The van der Waals surface area contributed by atoms with E-state index in [4.69, 9.17) is 4.74 Å². The molecule has 1 aliphatic carbocycles. The fraction of sp³-hybridized carbons (Fsp3) is 1.00. The van der Waals surface area contributed by atoms with Crippen molar-refractivity contribution >= 4 is 0 Å². The molecule has 0 bridgehead atoms. The highest BCUT2D eigenvalue weighted by atomic mass is 16.5. The Morgan fingerprint density at radius 2 is 1.86 bits per heavy atom. The second-order valence-corrected chi connectivity index (χ2v) is 4.83. The molecule has 0 radical (unpaired) electrons. The standard InChI is InChI=1S/C11H21NO2/c1-8-2-4-9(5-3-8)12-10-6-14-7-11(10)13/h8-13H,2-7H2,1H3. The first-order valence-corrected chi connectivity index (χ1v) is 5.77. The molecule has 1 aliphatic heterocycles. The van der Waals surface area contributed by atoms with E-state index in [0.29, 0.717) is 19.3 Å². The van der Waals surface area contributed by atoms with Crippen molar-refractivity contribution in [2.75, 3.05) is 13.2 Å². The van der Waals surface area contributed by atoms with Crippen molar-refractivity contribution in [2.24, 2.45) is 5.92 Å². The van der Waals surface area contributed by atoms with Gasteiger partial charge in [-0.3, -0.25) is 0 Å². The molecule has 3 nitrogen and oxygen atoms in total. The zero-order valence-corrected chi connectivity index (χ0v) is 8.91. The number of nitrogens with one attached hydrogen (secondary N) is 1. The van der Waals surface area contributed by atoms with Gasteiger partial charge in [-0.05, 0) is 31.6 Å². The van der Waals surface area contributed by atoms with E-state index in [0.717, 1.165) is 5.92 Å². The predicted octanol–water partition coefficient (Wildman–Crippen LogP) is 0.914. The molecule has 2 rings (SSSR count). The number of aliphatic hydroxyl groups excluding tert-OH is 1. The summed E-state index contributed by atoms with van der Waals surface area (Å²) in [6, 6.07) is 0.779. The van der Waals surface area contributed by atoms with Crippen LogP contribution in [0.3, 0.4) is 0 Å². The Kier molecular flexibility index (Phi) is 3.42. The molecule has 0 spiro atoms. The Hall–Kier alpha value is -0.120. The molecule has 14 heavy (non-hydrogen) atoms. The lowest BCUT2D eigenvalue weighted by Gasteiger charge is -2.29. The van der Waals surface area contributed by atoms with Crippen LogP contribution in [0, 0.1) is 5.92 Å². The van der Waals surface area contributed by atoms with Gasteiger partial charge in [-0.2, -0.15) is 0 Å². The number of rotatable bonds is 2. The summed E-state index contributed by atoms with van der Waals surface area (Å²) < 4.78 is 5.22. The Morgan fingerprint density at radius 1 is 1.14 bits per heavy atom. The monoisotopic (exact) mass is 199 g/mol. The smallest absolute Gasteiger partial charge is 0.0948 e. The van der Waals surface area contributed by atoms with Crippen molar-refractivity contribution in [3.05, 3.63) is 0 Å². The first-order valence-electron chi connectivity index (χ1n) is 5.77. The van der Waals surface area contributed by atoms with E-state index in [1.165, 1.54) is 25.7 Å². The minimum Gasteiger partial charge on any atom is -0.389 e. The minimum atomic E-state index is -0.297. The van der Waals surface area contributed by atoms with Gasteiger partial charge in [0.25, 0.3) is 0 Å². The summed E-state index contributed by atoms with van der Waals surface area (Å²) in [6.07, 6.45) is 4.85. The van der Waals surface area contributed by atoms with E-state index in [9.17, 15) is 5.11 Å². The van der Waals surface area contributed by atoms with Crippen molar-refractivity contribution in [3.63, 3.8) is 0 Å².